The average Bonchev–Trinajstić information content (AvgIpc) is 2.35. The van der Waals surface area contributed by atoms with Crippen molar-refractivity contribution in [3.05, 3.63) is 27.7 Å². The topological polar surface area (TPSA) is 69.7 Å². The molecular weight excluding hydrogens is 351 g/mol. The van der Waals surface area contributed by atoms with Crippen molar-refractivity contribution >= 4 is 48.9 Å². The largest absolute Gasteiger partial charge is 0.462 e. The van der Waals surface area contributed by atoms with E-state index in [1.807, 2.05) is 0 Å². The Hall–Kier alpha value is -0.530. The number of rotatable bonds is 6. The van der Waals surface area contributed by atoms with E-state index in [0.29, 0.717) is 13.0 Å². The van der Waals surface area contributed by atoms with Gasteiger partial charge in [-0.15, -0.1) is 0 Å². The van der Waals surface area contributed by atoms with E-state index in [1.165, 1.54) is 13.2 Å². The lowest BCUT2D eigenvalue weighted by molar-refractivity contribution is 0.0468. The number of benzene rings is 1. The van der Waals surface area contributed by atoms with Crippen molar-refractivity contribution in [2.75, 3.05) is 20.3 Å². The van der Waals surface area contributed by atoms with Crippen LogP contribution in [-0.4, -0.2) is 34.7 Å². The molecule has 0 N–H and O–H groups in total. The summed E-state index contributed by atoms with van der Waals surface area (Å²) in [5.41, 5.74) is -0.157. The second-order valence-electron chi connectivity index (χ2n) is 3.69. The SMILES string of the molecule is COCCCOC(=O)c1cc(Cl)cc(S(=O)(=O)Cl)c1Cl. The van der Waals surface area contributed by atoms with Gasteiger partial charge in [-0.3, -0.25) is 0 Å². The third-order valence-corrected chi connectivity index (χ3v) is 4.30. The molecule has 0 radical (unpaired) electrons. The summed E-state index contributed by atoms with van der Waals surface area (Å²) in [4.78, 5) is 11.4. The van der Waals surface area contributed by atoms with Gasteiger partial charge in [-0.05, 0) is 12.1 Å². The van der Waals surface area contributed by atoms with Crippen molar-refractivity contribution in [2.24, 2.45) is 0 Å². The fourth-order valence-electron chi connectivity index (χ4n) is 1.34. The molecule has 20 heavy (non-hydrogen) atoms. The molecule has 0 fully saturated rings. The molecule has 0 saturated carbocycles. The Kier molecular flexibility index (Phi) is 6.54. The van der Waals surface area contributed by atoms with E-state index in [0.717, 1.165) is 6.07 Å². The monoisotopic (exact) mass is 360 g/mol. The van der Waals surface area contributed by atoms with Crippen LogP contribution in [0.3, 0.4) is 0 Å². The molecule has 0 spiro atoms. The fourth-order valence-corrected chi connectivity index (χ4v) is 3.19. The Balaban J connectivity index is 3.01. The lowest BCUT2D eigenvalue weighted by Crippen LogP contribution is -2.10. The van der Waals surface area contributed by atoms with E-state index in [9.17, 15) is 13.2 Å². The van der Waals surface area contributed by atoms with E-state index in [2.05, 4.69) is 0 Å². The van der Waals surface area contributed by atoms with Crippen LogP contribution in [0.15, 0.2) is 17.0 Å². The summed E-state index contributed by atoms with van der Waals surface area (Å²) in [6.07, 6.45) is 0.501. The molecule has 0 amide bonds. The van der Waals surface area contributed by atoms with Crippen molar-refractivity contribution in [1.82, 2.24) is 0 Å². The molecule has 0 atom stereocenters. The van der Waals surface area contributed by atoms with Crippen molar-refractivity contribution in [2.45, 2.75) is 11.3 Å². The van der Waals surface area contributed by atoms with Crippen LogP contribution in [0.5, 0.6) is 0 Å². The first-order valence-electron chi connectivity index (χ1n) is 5.37. The normalized spacial score (nSPS) is 11.4. The van der Waals surface area contributed by atoms with Gasteiger partial charge in [-0.25, -0.2) is 13.2 Å². The molecule has 0 bridgehead atoms. The first-order valence-corrected chi connectivity index (χ1v) is 8.43. The minimum atomic E-state index is -4.11. The molecule has 0 saturated heterocycles. The molecule has 5 nitrogen and oxygen atoms in total. The van der Waals surface area contributed by atoms with E-state index in [-0.39, 0.29) is 22.2 Å². The van der Waals surface area contributed by atoms with Gasteiger partial charge in [0.1, 0.15) is 4.90 Å². The summed E-state index contributed by atoms with van der Waals surface area (Å²) in [7, 11) is 2.63. The van der Waals surface area contributed by atoms with Crippen LogP contribution in [0.25, 0.3) is 0 Å². The highest BCUT2D eigenvalue weighted by atomic mass is 35.7. The highest BCUT2D eigenvalue weighted by molar-refractivity contribution is 8.13. The lowest BCUT2D eigenvalue weighted by Gasteiger charge is -2.09. The number of halogens is 3. The molecule has 0 aliphatic carbocycles. The van der Waals surface area contributed by atoms with Crippen LogP contribution in [0.2, 0.25) is 10.0 Å². The summed E-state index contributed by atoms with van der Waals surface area (Å²) >= 11 is 11.6. The number of hydrogen-bond acceptors (Lipinski definition) is 5. The molecule has 0 aliphatic rings. The fraction of sp³-hybridized carbons (Fsp3) is 0.364. The van der Waals surface area contributed by atoms with E-state index >= 15 is 0 Å². The highest BCUT2D eigenvalue weighted by Crippen LogP contribution is 2.31. The van der Waals surface area contributed by atoms with E-state index in [1.54, 1.807) is 0 Å². The van der Waals surface area contributed by atoms with Crippen LogP contribution in [0, 0.1) is 0 Å². The van der Waals surface area contributed by atoms with Gasteiger partial charge in [-0.2, -0.15) is 0 Å². The molecular formula is C11H11Cl3O5S. The van der Waals surface area contributed by atoms with Crippen LogP contribution in [0.1, 0.15) is 16.8 Å². The van der Waals surface area contributed by atoms with Crippen molar-refractivity contribution in [3.63, 3.8) is 0 Å². The van der Waals surface area contributed by atoms with Gasteiger partial charge < -0.3 is 9.47 Å². The Morgan fingerprint density at radius 1 is 1.25 bits per heavy atom. The number of hydrogen-bond donors (Lipinski definition) is 0. The Labute approximate surface area is 131 Å². The predicted octanol–water partition coefficient (Wildman–Crippen LogP) is 3.11. The minimum absolute atomic E-state index is 0.0115. The van der Waals surface area contributed by atoms with Crippen molar-refractivity contribution < 1.29 is 22.7 Å². The Bertz CT molecular complexity index is 600. The van der Waals surface area contributed by atoms with Crippen LogP contribution < -0.4 is 0 Å². The molecule has 1 rings (SSSR count). The Morgan fingerprint density at radius 3 is 2.45 bits per heavy atom. The third kappa shape index (κ3) is 4.79. The standard InChI is InChI=1S/C11H11Cl3O5S/c1-18-3-2-4-19-11(15)8-5-7(12)6-9(10(8)13)20(14,16)17/h5-6H,2-4H2,1H3. The predicted molar refractivity (Wildman–Crippen MR) is 76.3 cm³/mol. The van der Waals surface area contributed by atoms with Gasteiger partial charge in [0.05, 0.1) is 17.2 Å². The second kappa shape index (κ2) is 7.47. The maximum Gasteiger partial charge on any atom is 0.339 e. The number of esters is 1. The molecule has 0 unspecified atom stereocenters. The maximum absolute atomic E-state index is 11.8. The first kappa shape index (κ1) is 17.5. The van der Waals surface area contributed by atoms with E-state index in [4.69, 9.17) is 43.4 Å². The van der Waals surface area contributed by atoms with E-state index < -0.39 is 19.9 Å². The number of carbonyl (C=O) groups is 1. The zero-order chi connectivity index (χ0) is 15.3. The zero-order valence-corrected chi connectivity index (χ0v) is 13.4. The lowest BCUT2D eigenvalue weighted by atomic mass is 10.2. The summed E-state index contributed by atoms with van der Waals surface area (Å²) in [6.45, 7) is 0.538. The summed E-state index contributed by atoms with van der Waals surface area (Å²) in [6, 6.07) is 2.28. The summed E-state index contributed by atoms with van der Waals surface area (Å²) in [5.74, 6) is -0.782. The van der Waals surface area contributed by atoms with Gasteiger partial charge in [-0.1, -0.05) is 23.2 Å². The maximum atomic E-state index is 11.8. The average molecular weight is 362 g/mol. The van der Waals surface area contributed by atoms with Crippen molar-refractivity contribution in [3.8, 4) is 0 Å². The summed E-state index contributed by atoms with van der Waals surface area (Å²) in [5, 5.41) is -0.307. The quantitative estimate of drug-likeness (QED) is 0.442. The smallest absolute Gasteiger partial charge is 0.339 e. The number of ether oxygens (including phenoxy) is 2. The molecule has 1 aromatic carbocycles. The highest BCUT2D eigenvalue weighted by Gasteiger charge is 2.23. The Morgan fingerprint density at radius 2 is 1.90 bits per heavy atom. The van der Waals surface area contributed by atoms with Gasteiger partial charge in [0, 0.05) is 35.8 Å². The number of methoxy groups -OCH3 is 1. The zero-order valence-electron chi connectivity index (χ0n) is 10.4. The molecule has 0 heterocycles. The van der Waals surface area contributed by atoms with Crippen LogP contribution in [0.4, 0.5) is 0 Å². The van der Waals surface area contributed by atoms with Crippen LogP contribution in [-0.2, 0) is 18.5 Å². The second-order valence-corrected chi connectivity index (χ2v) is 7.03. The van der Waals surface area contributed by atoms with Gasteiger partial charge >= 0.3 is 5.97 Å². The van der Waals surface area contributed by atoms with Crippen LogP contribution >= 0.6 is 33.9 Å². The minimum Gasteiger partial charge on any atom is -0.462 e. The molecule has 0 aliphatic heterocycles. The van der Waals surface area contributed by atoms with Gasteiger partial charge in [0.15, 0.2) is 0 Å². The molecule has 0 aromatic heterocycles. The molecule has 9 heteroatoms. The molecule has 1 aromatic rings. The van der Waals surface area contributed by atoms with Gasteiger partial charge in [0.2, 0.25) is 0 Å². The first-order chi connectivity index (χ1) is 9.27. The summed E-state index contributed by atoms with van der Waals surface area (Å²) < 4.78 is 32.4. The van der Waals surface area contributed by atoms with Gasteiger partial charge in [0.25, 0.3) is 9.05 Å². The number of carbonyl (C=O) groups excluding carboxylic acids is 1. The van der Waals surface area contributed by atoms with Crippen molar-refractivity contribution in [1.29, 1.82) is 0 Å². The molecule has 112 valence electrons. The third-order valence-electron chi connectivity index (χ3n) is 2.21.